The summed E-state index contributed by atoms with van der Waals surface area (Å²) in [5.74, 6) is 0.0194. The molecule has 1 saturated heterocycles. The van der Waals surface area contributed by atoms with Crippen LogP contribution in [0.5, 0.6) is 0 Å². The molecule has 1 heterocycles. The minimum atomic E-state index is 0.0194. The highest BCUT2D eigenvalue weighted by molar-refractivity contribution is 5.77. The number of benzene rings is 1. The van der Waals surface area contributed by atoms with Crippen LogP contribution in [0.2, 0.25) is 0 Å². The summed E-state index contributed by atoms with van der Waals surface area (Å²) in [6.07, 6.45) is 0.539. The largest absolute Gasteiger partial charge is 0.373 e. The summed E-state index contributed by atoms with van der Waals surface area (Å²) in [7, 11) is 1.77. The van der Waals surface area contributed by atoms with Gasteiger partial charge in [-0.25, -0.2) is 0 Å². The van der Waals surface area contributed by atoms with Gasteiger partial charge in [-0.2, -0.15) is 0 Å². The highest BCUT2D eigenvalue weighted by Crippen LogP contribution is 2.16. The zero-order valence-electron chi connectivity index (χ0n) is 13.8. The fraction of sp³-hybridized carbons (Fsp3) is 0.588. The van der Waals surface area contributed by atoms with Gasteiger partial charge < -0.3 is 15.4 Å². The van der Waals surface area contributed by atoms with Crippen LogP contribution in [0.4, 0.5) is 0 Å². The molecule has 1 aliphatic heterocycles. The van der Waals surface area contributed by atoms with Crippen molar-refractivity contribution in [1.29, 1.82) is 0 Å². The van der Waals surface area contributed by atoms with E-state index in [9.17, 15) is 4.79 Å². The maximum Gasteiger partial charge on any atom is 0.234 e. The number of carbonyl (C=O) groups excluding carboxylic acids is 1. The zero-order chi connectivity index (χ0) is 15.9. The van der Waals surface area contributed by atoms with Crippen molar-refractivity contribution in [2.45, 2.75) is 39.1 Å². The molecule has 1 aromatic rings. The van der Waals surface area contributed by atoms with Gasteiger partial charge >= 0.3 is 0 Å². The third-order valence-corrected chi connectivity index (χ3v) is 3.82. The van der Waals surface area contributed by atoms with Gasteiger partial charge in [-0.3, -0.25) is 9.69 Å². The van der Waals surface area contributed by atoms with Crippen LogP contribution in [0.15, 0.2) is 24.3 Å². The summed E-state index contributed by atoms with van der Waals surface area (Å²) in [4.78, 5) is 14.0. The minimum absolute atomic E-state index is 0.0194. The Labute approximate surface area is 133 Å². The molecule has 5 heteroatoms. The molecular weight excluding hydrogens is 278 g/mol. The van der Waals surface area contributed by atoms with Gasteiger partial charge in [0.25, 0.3) is 0 Å². The van der Waals surface area contributed by atoms with Crippen molar-refractivity contribution in [1.82, 2.24) is 15.5 Å². The number of nitrogens with one attached hydrogen (secondary N) is 2. The topological polar surface area (TPSA) is 53.6 Å². The zero-order valence-corrected chi connectivity index (χ0v) is 13.8. The van der Waals surface area contributed by atoms with Crippen LogP contribution in [0.1, 0.15) is 25.0 Å². The van der Waals surface area contributed by atoms with Gasteiger partial charge in [-0.15, -0.1) is 0 Å². The Kier molecular flexibility index (Phi) is 6.36. The van der Waals surface area contributed by atoms with E-state index in [1.165, 1.54) is 11.1 Å². The van der Waals surface area contributed by atoms with Gasteiger partial charge in [-0.05, 0) is 32.0 Å². The molecule has 1 fully saturated rings. The van der Waals surface area contributed by atoms with Crippen molar-refractivity contribution in [2.75, 3.05) is 26.7 Å². The van der Waals surface area contributed by atoms with Crippen LogP contribution in [0.3, 0.4) is 0 Å². The van der Waals surface area contributed by atoms with E-state index in [1.807, 2.05) is 6.07 Å². The average molecular weight is 305 g/mol. The van der Waals surface area contributed by atoms with Gasteiger partial charge in [0.15, 0.2) is 0 Å². The number of rotatable bonds is 6. The molecule has 5 nitrogen and oxygen atoms in total. The van der Waals surface area contributed by atoms with Crippen molar-refractivity contribution in [3.8, 4) is 0 Å². The van der Waals surface area contributed by atoms with Crippen molar-refractivity contribution < 1.29 is 9.53 Å². The summed E-state index contributed by atoms with van der Waals surface area (Å²) < 4.78 is 5.78. The molecule has 0 spiro atoms. The molecule has 0 radical (unpaired) electrons. The van der Waals surface area contributed by atoms with E-state index < -0.39 is 0 Å². The molecule has 0 aliphatic carbocycles. The van der Waals surface area contributed by atoms with E-state index in [-0.39, 0.29) is 18.1 Å². The highest BCUT2D eigenvalue weighted by Gasteiger charge is 2.22. The maximum absolute atomic E-state index is 11.6. The Hall–Kier alpha value is -1.43. The van der Waals surface area contributed by atoms with Crippen molar-refractivity contribution >= 4 is 5.91 Å². The first-order valence-electron chi connectivity index (χ1n) is 7.94. The van der Waals surface area contributed by atoms with E-state index >= 15 is 0 Å². The van der Waals surface area contributed by atoms with Crippen LogP contribution in [0.25, 0.3) is 0 Å². The first-order valence-corrected chi connectivity index (χ1v) is 7.94. The summed E-state index contributed by atoms with van der Waals surface area (Å²) in [5.41, 5.74) is 2.45. The second kappa shape index (κ2) is 8.27. The van der Waals surface area contributed by atoms with Crippen LogP contribution < -0.4 is 10.6 Å². The van der Waals surface area contributed by atoms with Crippen LogP contribution in [0, 0.1) is 0 Å². The SMILES string of the molecule is CNCC(=O)NCc1ccccc1CN1CC(C)OC(C)C1. The van der Waals surface area contributed by atoms with Gasteiger partial charge in [0.1, 0.15) is 0 Å². The summed E-state index contributed by atoms with van der Waals surface area (Å²) in [5, 5.41) is 5.81. The molecule has 1 aromatic carbocycles. The standard InChI is InChI=1S/C17H27N3O2/c1-13-10-20(11-14(2)22-13)12-16-7-5-4-6-15(16)8-19-17(21)9-18-3/h4-7,13-14,18H,8-12H2,1-3H3,(H,19,21). The molecule has 1 amide bonds. The molecule has 2 unspecified atom stereocenters. The highest BCUT2D eigenvalue weighted by atomic mass is 16.5. The summed E-state index contributed by atoms with van der Waals surface area (Å²) in [6.45, 7) is 7.96. The van der Waals surface area contributed by atoms with Gasteiger partial charge in [0, 0.05) is 26.2 Å². The Bertz CT molecular complexity index is 483. The van der Waals surface area contributed by atoms with E-state index in [4.69, 9.17) is 4.74 Å². The van der Waals surface area contributed by atoms with Gasteiger partial charge in [0.2, 0.25) is 5.91 Å². The van der Waals surface area contributed by atoms with Crippen LogP contribution in [-0.2, 0) is 22.6 Å². The Balaban J connectivity index is 1.97. The first-order chi connectivity index (χ1) is 10.6. The lowest BCUT2D eigenvalue weighted by Crippen LogP contribution is -2.45. The Morgan fingerprint density at radius 2 is 1.86 bits per heavy atom. The molecule has 0 aromatic heterocycles. The van der Waals surface area contributed by atoms with Crippen LogP contribution in [-0.4, -0.2) is 49.7 Å². The first kappa shape index (κ1) is 16.9. The number of likely N-dealkylation sites (N-methyl/N-ethyl adjacent to an activating group) is 1. The number of amides is 1. The second-order valence-corrected chi connectivity index (χ2v) is 6.03. The summed E-state index contributed by atoms with van der Waals surface area (Å²) in [6, 6.07) is 8.31. The quantitative estimate of drug-likeness (QED) is 0.827. The van der Waals surface area contributed by atoms with Crippen LogP contribution >= 0.6 is 0 Å². The van der Waals surface area contributed by atoms with E-state index in [0.29, 0.717) is 13.1 Å². The summed E-state index contributed by atoms with van der Waals surface area (Å²) >= 11 is 0. The number of nitrogens with zero attached hydrogens (tertiary/aromatic N) is 1. The predicted octanol–water partition coefficient (Wildman–Crippen LogP) is 1.13. The number of hydrogen-bond acceptors (Lipinski definition) is 4. The number of ether oxygens (including phenoxy) is 1. The number of carbonyl (C=O) groups is 1. The van der Waals surface area contributed by atoms with Crippen molar-refractivity contribution in [3.05, 3.63) is 35.4 Å². The molecule has 122 valence electrons. The van der Waals surface area contributed by atoms with Crippen molar-refractivity contribution in [2.24, 2.45) is 0 Å². The molecule has 22 heavy (non-hydrogen) atoms. The third kappa shape index (κ3) is 5.09. The molecule has 1 aliphatic rings. The third-order valence-electron chi connectivity index (χ3n) is 3.82. The lowest BCUT2D eigenvalue weighted by Gasteiger charge is -2.35. The lowest BCUT2D eigenvalue weighted by atomic mass is 10.1. The molecule has 0 saturated carbocycles. The average Bonchev–Trinajstić information content (AvgIpc) is 2.45. The van der Waals surface area contributed by atoms with Gasteiger partial charge in [0.05, 0.1) is 18.8 Å². The fourth-order valence-electron chi connectivity index (χ4n) is 2.96. The second-order valence-electron chi connectivity index (χ2n) is 6.03. The molecule has 0 bridgehead atoms. The van der Waals surface area contributed by atoms with E-state index in [1.54, 1.807) is 7.05 Å². The number of hydrogen-bond donors (Lipinski definition) is 2. The number of morpholine rings is 1. The van der Waals surface area contributed by atoms with Crippen molar-refractivity contribution in [3.63, 3.8) is 0 Å². The molecule has 2 rings (SSSR count). The Morgan fingerprint density at radius 3 is 2.50 bits per heavy atom. The van der Waals surface area contributed by atoms with Gasteiger partial charge in [-0.1, -0.05) is 24.3 Å². The van der Waals surface area contributed by atoms with E-state index in [2.05, 4.69) is 47.6 Å². The molecule has 2 N–H and O–H groups in total. The lowest BCUT2D eigenvalue weighted by molar-refractivity contribution is -0.120. The van der Waals surface area contributed by atoms with E-state index in [0.717, 1.165) is 19.6 Å². The smallest absolute Gasteiger partial charge is 0.234 e. The Morgan fingerprint density at radius 1 is 1.23 bits per heavy atom. The maximum atomic E-state index is 11.6. The minimum Gasteiger partial charge on any atom is -0.373 e. The molecular formula is C17H27N3O2. The normalized spacial score (nSPS) is 22.5. The fourth-order valence-corrected chi connectivity index (χ4v) is 2.96. The predicted molar refractivity (Wildman–Crippen MR) is 87.5 cm³/mol. The molecule has 2 atom stereocenters. The monoisotopic (exact) mass is 305 g/mol.